The minimum Gasteiger partial charge on any atom is -0.463 e. The van der Waals surface area contributed by atoms with Gasteiger partial charge in [-0.1, -0.05) is 30.3 Å². The van der Waals surface area contributed by atoms with Gasteiger partial charge in [0.1, 0.15) is 0 Å². The van der Waals surface area contributed by atoms with E-state index in [0.717, 1.165) is 25.7 Å². The van der Waals surface area contributed by atoms with Gasteiger partial charge < -0.3 is 19.5 Å². The van der Waals surface area contributed by atoms with Crippen LogP contribution in [0.2, 0.25) is 0 Å². The monoisotopic (exact) mass is 454 g/mol. The first-order valence-corrected chi connectivity index (χ1v) is 11.4. The summed E-state index contributed by atoms with van der Waals surface area (Å²) in [7, 11) is 0. The van der Waals surface area contributed by atoms with Crippen molar-refractivity contribution in [3.8, 4) is 17.6 Å². The number of ether oxygens (including phenoxy) is 1. The predicted molar refractivity (Wildman–Crippen MR) is 130 cm³/mol. The molecule has 0 saturated heterocycles. The maximum Gasteiger partial charge on any atom is 0.320 e. The molecule has 5 rings (SSSR count). The van der Waals surface area contributed by atoms with E-state index in [1.165, 1.54) is 11.1 Å². The van der Waals surface area contributed by atoms with Crippen LogP contribution in [0.3, 0.4) is 0 Å². The summed E-state index contributed by atoms with van der Waals surface area (Å²) >= 11 is 0. The Hall–Kier alpha value is -4.20. The molecule has 0 bridgehead atoms. The Morgan fingerprint density at radius 3 is 2.44 bits per heavy atom. The third kappa shape index (κ3) is 4.91. The zero-order valence-electron chi connectivity index (χ0n) is 18.8. The summed E-state index contributed by atoms with van der Waals surface area (Å²) in [6.45, 7) is 1.19. The topological polar surface area (TPSA) is 105 Å². The highest BCUT2D eigenvalue weighted by molar-refractivity contribution is 5.85. The van der Waals surface area contributed by atoms with Crippen molar-refractivity contribution in [3.63, 3.8) is 0 Å². The third-order valence-electron chi connectivity index (χ3n) is 5.62. The van der Waals surface area contributed by atoms with Crippen LogP contribution in [0.1, 0.15) is 24.0 Å². The second kappa shape index (κ2) is 10.2. The zero-order valence-corrected chi connectivity index (χ0v) is 18.8. The lowest BCUT2D eigenvalue weighted by atomic mass is 10.1. The molecule has 0 spiro atoms. The molecule has 4 heterocycles. The minimum atomic E-state index is 0.263. The first-order valence-electron chi connectivity index (χ1n) is 11.4. The number of nitrogens with two attached hydrogens (primary N) is 1. The Kier molecular flexibility index (Phi) is 6.47. The van der Waals surface area contributed by atoms with Crippen LogP contribution >= 0.6 is 0 Å². The van der Waals surface area contributed by atoms with Crippen molar-refractivity contribution in [1.29, 1.82) is 0 Å². The third-order valence-corrected chi connectivity index (χ3v) is 5.62. The lowest BCUT2D eigenvalue weighted by Crippen LogP contribution is -2.07. The van der Waals surface area contributed by atoms with Crippen molar-refractivity contribution < 1.29 is 9.15 Å². The first kappa shape index (κ1) is 21.6. The molecule has 0 aliphatic carbocycles. The maximum atomic E-state index is 6.26. The summed E-state index contributed by atoms with van der Waals surface area (Å²) in [5, 5.41) is 0. The Balaban J connectivity index is 1.36. The van der Waals surface area contributed by atoms with E-state index in [-0.39, 0.29) is 6.01 Å². The average molecular weight is 455 g/mol. The number of nitrogens with zero attached hydrogens (tertiary/aromatic N) is 5. The SMILES string of the molecule is Nc1nc(OCCCc2ccccc2)nc2c1nc(-c1ccco1)n2CCCc1ccncc1. The Morgan fingerprint density at radius 1 is 0.853 bits per heavy atom. The molecule has 0 radical (unpaired) electrons. The predicted octanol–water partition coefficient (Wildman–Crippen LogP) is 4.71. The van der Waals surface area contributed by atoms with E-state index < -0.39 is 0 Å². The van der Waals surface area contributed by atoms with Gasteiger partial charge in [-0.3, -0.25) is 4.98 Å². The van der Waals surface area contributed by atoms with Gasteiger partial charge in [0.2, 0.25) is 0 Å². The van der Waals surface area contributed by atoms with Crippen molar-refractivity contribution >= 4 is 17.0 Å². The van der Waals surface area contributed by atoms with E-state index in [1.807, 2.05) is 59.4 Å². The number of benzene rings is 1. The van der Waals surface area contributed by atoms with Crippen LogP contribution in [0.4, 0.5) is 5.82 Å². The molecule has 0 aliphatic heterocycles. The second-order valence-electron chi connectivity index (χ2n) is 8.02. The fraction of sp³-hybridized carbons (Fsp3) is 0.231. The number of furan rings is 1. The fourth-order valence-electron chi connectivity index (χ4n) is 3.95. The molecule has 0 atom stereocenters. The molecule has 34 heavy (non-hydrogen) atoms. The molecular weight excluding hydrogens is 428 g/mol. The number of pyridine rings is 1. The summed E-state index contributed by atoms with van der Waals surface area (Å²) < 4.78 is 13.5. The normalized spacial score (nSPS) is 11.2. The van der Waals surface area contributed by atoms with Crippen LogP contribution in [-0.4, -0.2) is 31.1 Å². The number of anilines is 1. The van der Waals surface area contributed by atoms with E-state index in [2.05, 4.69) is 27.1 Å². The van der Waals surface area contributed by atoms with E-state index in [0.29, 0.717) is 41.7 Å². The van der Waals surface area contributed by atoms with Crippen molar-refractivity contribution in [3.05, 3.63) is 84.4 Å². The largest absolute Gasteiger partial charge is 0.463 e. The second-order valence-corrected chi connectivity index (χ2v) is 8.02. The number of aromatic nitrogens is 5. The van der Waals surface area contributed by atoms with Crippen LogP contribution in [-0.2, 0) is 19.4 Å². The lowest BCUT2D eigenvalue weighted by Gasteiger charge is -2.09. The van der Waals surface area contributed by atoms with Crippen LogP contribution in [0, 0.1) is 0 Å². The Morgan fingerprint density at radius 2 is 1.65 bits per heavy atom. The molecule has 4 aromatic heterocycles. The molecule has 1 aromatic carbocycles. The quantitative estimate of drug-likeness (QED) is 0.305. The highest BCUT2D eigenvalue weighted by Crippen LogP contribution is 2.28. The van der Waals surface area contributed by atoms with E-state index in [4.69, 9.17) is 19.9 Å². The van der Waals surface area contributed by atoms with Crippen LogP contribution < -0.4 is 10.5 Å². The van der Waals surface area contributed by atoms with Gasteiger partial charge in [-0.15, -0.1) is 0 Å². The van der Waals surface area contributed by atoms with Crippen molar-refractivity contribution in [1.82, 2.24) is 24.5 Å². The van der Waals surface area contributed by atoms with E-state index in [9.17, 15) is 0 Å². The van der Waals surface area contributed by atoms with E-state index in [1.54, 1.807) is 6.26 Å². The Labute approximate surface area is 197 Å². The van der Waals surface area contributed by atoms with Gasteiger partial charge in [-0.25, -0.2) is 4.98 Å². The van der Waals surface area contributed by atoms with Gasteiger partial charge in [0, 0.05) is 18.9 Å². The number of nitrogen functional groups attached to an aromatic ring is 1. The molecule has 172 valence electrons. The summed E-state index contributed by atoms with van der Waals surface area (Å²) in [6.07, 6.45) is 8.83. The van der Waals surface area contributed by atoms with Gasteiger partial charge in [0.25, 0.3) is 0 Å². The number of rotatable bonds is 10. The van der Waals surface area contributed by atoms with Crippen molar-refractivity contribution in [2.75, 3.05) is 12.3 Å². The molecule has 8 nitrogen and oxygen atoms in total. The fourth-order valence-corrected chi connectivity index (χ4v) is 3.95. The molecule has 0 amide bonds. The molecule has 2 N–H and O–H groups in total. The van der Waals surface area contributed by atoms with Gasteiger partial charge >= 0.3 is 6.01 Å². The molecule has 0 fully saturated rings. The van der Waals surface area contributed by atoms with Gasteiger partial charge in [0.15, 0.2) is 28.6 Å². The number of hydrogen-bond acceptors (Lipinski definition) is 7. The number of aryl methyl sites for hydroxylation is 3. The number of imidazole rings is 1. The summed E-state index contributed by atoms with van der Waals surface area (Å²) in [5.74, 6) is 1.63. The highest BCUT2D eigenvalue weighted by atomic mass is 16.5. The zero-order chi connectivity index (χ0) is 23.2. The summed E-state index contributed by atoms with van der Waals surface area (Å²) in [6, 6.07) is 18.4. The van der Waals surface area contributed by atoms with E-state index >= 15 is 0 Å². The maximum absolute atomic E-state index is 6.26. The van der Waals surface area contributed by atoms with Gasteiger partial charge in [0.05, 0.1) is 12.9 Å². The lowest BCUT2D eigenvalue weighted by molar-refractivity contribution is 0.288. The number of hydrogen-bond donors (Lipinski definition) is 1. The minimum absolute atomic E-state index is 0.263. The Bertz CT molecular complexity index is 1330. The van der Waals surface area contributed by atoms with Crippen molar-refractivity contribution in [2.45, 2.75) is 32.2 Å². The smallest absolute Gasteiger partial charge is 0.320 e. The first-order chi connectivity index (χ1) is 16.8. The number of fused-ring (bicyclic) bond motifs is 1. The van der Waals surface area contributed by atoms with Crippen molar-refractivity contribution in [2.24, 2.45) is 0 Å². The van der Waals surface area contributed by atoms with Gasteiger partial charge in [-0.2, -0.15) is 9.97 Å². The average Bonchev–Trinajstić information content (AvgIpc) is 3.52. The molecule has 0 aliphatic rings. The summed E-state index contributed by atoms with van der Waals surface area (Å²) in [5.41, 5.74) is 9.96. The molecule has 0 saturated carbocycles. The molecular formula is C26H26N6O2. The van der Waals surface area contributed by atoms with Crippen LogP contribution in [0.25, 0.3) is 22.7 Å². The highest BCUT2D eigenvalue weighted by Gasteiger charge is 2.20. The molecule has 5 aromatic rings. The van der Waals surface area contributed by atoms with Crippen LogP contribution in [0.15, 0.2) is 77.7 Å². The molecule has 0 unspecified atom stereocenters. The van der Waals surface area contributed by atoms with Gasteiger partial charge in [-0.05, 0) is 61.1 Å². The summed E-state index contributed by atoms with van der Waals surface area (Å²) in [4.78, 5) is 17.8. The van der Waals surface area contributed by atoms with Crippen LogP contribution in [0.5, 0.6) is 6.01 Å². The standard InChI is InChI=1S/C26H26N6O2/c27-23-22-25(31-26(30-23)34-18-5-10-19-7-2-1-3-8-19)32(24(29-22)21-11-6-17-33-21)16-4-9-20-12-14-28-15-13-20/h1-3,6-8,11-15,17H,4-5,9-10,16,18H2,(H2,27,30,31). The molecule has 8 heteroatoms.